The number of ether oxygens (including phenoxy) is 1. The number of benzene rings is 1. The first-order valence-corrected chi connectivity index (χ1v) is 7.80. The van der Waals surface area contributed by atoms with Gasteiger partial charge in [-0.3, -0.25) is 0 Å². The minimum absolute atomic E-state index is 0.206. The summed E-state index contributed by atoms with van der Waals surface area (Å²) in [5.41, 5.74) is 0.393. The van der Waals surface area contributed by atoms with Crippen molar-refractivity contribution in [2.45, 2.75) is 17.6 Å². The van der Waals surface area contributed by atoms with Gasteiger partial charge in [0.15, 0.2) is 9.84 Å². The summed E-state index contributed by atoms with van der Waals surface area (Å²) >= 11 is 5.75. The van der Waals surface area contributed by atoms with Crippen LogP contribution in [-0.4, -0.2) is 25.5 Å². The molecule has 1 aromatic carbocycles. The number of hydrogen-bond donors (Lipinski definition) is 0. The molecule has 0 aliphatic carbocycles. The minimum atomic E-state index is -3.48. The Morgan fingerprint density at radius 1 is 1.20 bits per heavy atom. The average molecular weight is 313 g/mol. The average Bonchev–Trinajstić information content (AvgIpc) is 2.37. The molecule has 5 nitrogen and oxygen atoms in total. The van der Waals surface area contributed by atoms with Crippen molar-refractivity contribution < 1.29 is 13.2 Å². The summed E-state index contributed by atoms with van der Waals surface area (Å²) < 4.78 is 29.6. The predicted octanol–water partition coefficient (Wildman–Crippen LogP) is 2.42. The Morgan fingerprint density at radius 3 is 2.45 bits per heavy atom. The second-order valence-electron chi connectivity index (χ2n) is 4.16. The van der Waals surface area contributed by atoms with Gasteiger partial charge in [0.25, 0.3) is 0 Å². The van der Waals surface area contributed by atoms with Gasteiger partial charge in [0.2, 0.25) is 5.88 Å². The van der Waals surface area contributed by atoms with Crippen LogP contribution in [0.4, 0.5) is 0 Å². The van der Waals surface area contributed by atoms with Crippen molar-refractivity contribution in [3.05, 3.63) is 46.9 Å². The molecule has 2 rings (SSSR count). The van der Waals surface area contributed by atoms with Crippen LogP contribution in [-0.2, 0) is 15.6 Å². The van der Waals surface area contributed by atoms with Crippen LogP contribution in [0.3, 0.4) is 0 Å². The summed E-state index contributed by atoms with van der Waals surface area (Å²) in [6.07, 6.45) is 0. The van der Waals surface area contributed by atoms with Crippen LogP contribution in [0.5, 0.6) is 5.88 Å². The monoisotopic (exact) mass is 312 g/mol. The maximum Gasteiger partial charge on any atom is 0.216 e. The van der Waals surface area contributed by atoms with E-state index >= 15 is 0 Å². The smallest absolute Gasteiger partial charge is 0.216 e. The highest BCUT2D eigenvalue weighted by Crippen LogP contribution is 2.19. The van der Waals surface area contributed by atoms with Crippen LogP contribution >= 0.6 is 11.6 Å². The highest BCUT2D eigenvalue weighted by molar-refractivity contribution is 7.90. The topological polar surface area (TPSA) is 69.2 Å². The number of aromatic nitrogens is 2. The molecule has 0 aliphatic heterocycles. The van der Waals surface area contributed by atoms with Gasteiger partial charge < -0.3 is 4.74 Å². The lowest BCUT2D eigenvalue weighted by molar-refractivity contribution is 0.395. The van der Waals surface area contributed by atoms with E-state index in [1.807, 2.05) is 0 Å². The van der Waals surface area contributed by atoms with Crippen LogP contribution < -0.4 is 4.74 Å². The fraction of sp³-hybridized carbons (Fsp3) is 0.231. The summed E-state index contributed by atoms with van der Waals surface area (Å²) in [5.74, 6) is 0.596. The number of nitrogens with zero attached hydrogens (tertiary/aromatic N) is 2. The standard InChI is InChI=1S/C13H13ClN2O3S/c1-9-15-11(7-13(16-9)19-2)8-20(17,18)12-5-3-10(14)4-6-12/h3-7H,8H2,1-2H3. The number of sulfone groups is 1. The number of hydrogen-bond acceptors (Lipinski definition) is 5. The van der Waals surface area contributed by atoms with Crippen molar-refractivity contribution in [3.63, 3.8) is 0 Å². The van der Waals surface area contributed by atoms with Crippen LogP contribution in [0, 0.1) is 6.92 Å². The predicted molar refractivity (Wildman–Crippen MR) is 75.7 cm³/mol. The van der Waals surface area contributed by atoms with Gasteiger partial charge in [-0.1, -0.05) is 11.6 Å². The molecular formula is C13H13ClN2O3S. The first-order chi connectivity index (χ1) is 9.40. The van der Waals surface area contributed by atoms with Gasteiger partial charge in [0.1, 0.15) is 5.82 Å². The third kappa shape index (κ3) is 3.46. The van der Waals surface area contributed by atoms with Crippen molar-refractivity contribution in [3.8, 4) is 5.88 Å². The second-order valence-corrected chi connectivity index (χ2v) is 6.59. The van der Waals surface area contributed by atoms with E-state index in [2.05, 4.69) is 9.97 Å². The van der Waals surface area contributed by atoms with Crippen molar-refractivity contribution in [1.29, 1.82) is 0 Å². The number of methoxy groups -OCH3 is 1. The minimum Gasteiger partial charge on any atom is -0.481 e. The number of rotatable bonds is 4. The van der Waals surface area contributed by atoms with E-state index in [1.54, 1.807) is 19.1 Å². The van der Waals surface area contributed by atoms with Crippen molar-refractivity contribution in [1.82, 2.24) is 9.97 Å². The Morgan fingerprint density at radius 2 is 1.85 bits per heavy atom. The molecule has 106 valence electrons. The lowest BCUT2D eigenvalue weighted by Gasteiger charge is -2.06. The molecule has 1 aromatic heterocycles. The lowest BCUT2D eigenvalue weighted by Crippen LogP contribution is -2.08. The third-order valence-electron chi connectivity index (χ3n) is 2.59. The van der Waals surface area contributed by atoms with Crippen LogP contribution in [0.2, 0.25) is 5.02 Å². The zero-order valence-electron chi connectivity index (χ0n) is 11.0. The quantitative estimate of drug-likeness (QED) is 0.867. The number of halogens is 1. The molecule has 7 heteroatoms. The molecule has 0 radical (unpaired) electrons. The Labute approximate surface area is 122 Å². The zero-order valence-corrected chi connectivity index (χ0v) is 12.6. The Kier molecular flexibility index (Phi) is 4.25. The van der Waals surface area contributed by atoms with E-state index in [-0.39, 0.29) is 10.6 Å². The molecular weight excluding hydrogens is 300 g/mol. The summed E-state index contributed by atoms with van der Waals surface area (Å²) in [4.78, 5) is 8.34. The normalized spacial score (nSPS) is 11.3. The summed E-state index contributed by atoms with van der Waals surface area (Å²) in [7, 11) is -2.00. The second kappa shape index (κ2) is 5.76. The van der Waals surface area contributed by atoms with Gasteiger partial charge in [0, 0.05) is 11.1 Å². The van der Waals surface area contributed by atoms with Crippen molar-refractivity contribution in [2.75, 3.05) is 7.11 Å². The van der Waals surface area contributed by atoms with Crippen molar-refractivity contribution in [2.24, 2.45) is 0 Å². The van der Waals surface area contributed by atoms with E-state index in [4.69, 9.17) is 16.3 Å². The van der Waals surface area contributed by atoms with Crippen LogP contribution in [0.15, 0.2) is 35.2 Å². The molecule has 0 saturated carbocycles. The molecule has 20 heavy (non-hydrogen) atoms. The molecule has 1 heterocycles. The number of aryl methyl sites for hydroxylation is 1. The Hall–Kier alpha value is -1.66. The van der Waals surface area contributed by atoms with Crippen LogP contribution in [0.25, 0.3) is 0 Å². The van der Waals surface area contributed by atoms with Crippen molar-refractivity contribution >= 4 is 21.4 Å². The zero-order chi connectivity index (χ0) is 14.8. The summed E-state index contributed by atoms with van der Waals surface area (Å²) in [6.45, 7) is 1.68. The molecule has 0 unspecified atom stereocenters. The first-order valence-electron chi connectivity index (χ1n) is 5.77. The van der Waals surface area contributed by atoms with E-state index < -0.39 is 9.84 Å². The SMILES string of the molecule is COc1cc(CS(=O)(=O)c2ccc(Cl)cc2)nc(C)n1. The maximum absolute atomic E-state index is 12.3. The highest BCUT2D eigenvalue weighted by atomic mass is 35.5. The van der Waals surface area contributed by atoms with Gasteiger partial charge in [-0.05, 0) is 31.2 Å². The van der Waals surface area contributed by atoms with E-state index in [0.29, 0.717) is 22.4 Å². The van der Waals surface area contributed by atoms with Gasteiger partial charge >= 0.3 is 0 Å². The van der Waals surface area contributed by atoms with Gasteiger partial charge in [0.05, 0.1) is 23.5 Å². The highest BCUT2D eigenvalue weighted by Gasteiger charge is 2.17. The molecule has 0 N–H and O–H groups in total. The van der Waals surface area contributed by atoms with Gasteiger partial charge in [-0.25, -0.2) is 13.4 Å². The maximum atomic E-state index is 12.3. The molecule has 0 atom stereocenters. The van der Waals surface area contributed by atoms with Crippen LogP contribution in [0.1, 0.15) is 11.5 Å². The third-order valence-corrected chi connectivity index (χ3v) is 4.51. The van der Waals surface area contributed by atoms with E-state index in [0.717, 1.165) is 0 Å². The largest absolute Gasteiger partial charge is 0.481 e. The van der Waals surface area contributed by atoms with E-state index in [1.165, 1.54) is 25.3 Å². The molecule has 0 amide bonds. The first kappa shape index (κ1) is 14.7. The summed E-state index contributed by atoms with van der Waals surface area (Å²) in [6, 6.07) is 7.55. The molecule has 0 bridgehead atoms. The molecule has 2 aromatic rings. The fourth-order valence-electron chi connectivity index (χ4n) is 1.70. The van der Waals surface area contributed by atoms with Gasteiger partial charge in [-0.15, -0.1) is 0 Å². The van der Waals surface area contributed by atoms with E-state index in [9.17, 15) is 8.42 Å². The Bertz CT molecular complexity index is 715. The Balaban J connectivity index is 2.33. The molecule has 0 fully saturated rings. The van der Waals surface area contributed by atoms with Gasteiger partial charge in [-0.2, -0.15) is 4.98 Å². The fourth-order valence-corrected chi connectivity index (χ4v) is 3.08. The molecule has 0 saturated heterocycles. The lowest BCUT2D eigenvalue weighted by atomic mass is 10.4. The molecule has 0 aliphatic rings. The molecule has 0 spiro atoms. The summed E-state index contributed by atoms with van der Waals surface area (Å²) in [5, 5.41) is 0.489.